The lowest BCUT2D eigenvalue weighted by Gasteiger charge is -2.23. The normalized spacial score (nSPS) is 15.4. The van der Waals surface area contributed by atoms with Crippen LogP contribution in [-0.4, -0.2) is 17.0 Å². The lowest BCUT2D eigenvalue weighted by atomic mass is 9.89. The van der Waals surface area contributed by atoms with Gasteiger partial charge in [-0.25, -0.2) is 18.0 Å². The van der Waals surface area contributed by atoms with Crippen LogP contribution in [0.25, 0.3) is 34.9 Å². The number of carboxylic acids is 1. The number of ether oxygens (including phenoxy) is 1. The third-order valence-electron chi connectivity index (χ3n) is 6.62. The van der Waals surface area contributed by atoms with Crippen molar-refractivity contribution >= 4 is 35.6 Å². The molecule has 9 heteroatoms. The Morgan fingerprint density at radius 1 is 0.974 bits per heavy atom. The topological polar surface area (TPSA) is 89.9 Å². The van der Waals surface area contributed by atoms with Crippen molar-refractivity contribution in [3.63, 3.8) is 0 Å². The minimum Gasteiger partial charge on any atom is -0.478 e. The SMILES string of the molecule is C=c1/c(=C/c2cc(F)c(F)c(F)c2)oc2c3c(ccc12)OC(=O)C[C@@H]3c1ccc(-c2ccc(C(=O)O)cc2)o1. The van der Waals surface area contributed by atoms with Crippen LogP contribution in [0.3, 0.4) is 0 Å². The number of hydrogen-bond donors (Lipinski definition) is 1. The lowest BCUT2D eigenvalue weighted by Crippen LogP contribution is -2.21. The van der Waals surface area contributed by atoms with Gasteiger partial charge < -0.3 is 18.7 Å². The first kappa shape index (κ1) is 24.3. The number of rotatable bonds is 4. The summed E-state index contributed by atoms with van der Waals surface area (Å²) in [6, 6.07) is 14.6. The molecule has 0 unspecified atom stereocenters. The fourth-order valence-electron chi connectivity index (χ4n) is 4.73. The van der Waals surface area contributed by atoms with Gasteiger partial charge in [0.2, 0.25) is 0 Å². The number of halogens is 3. The maximum atomic E-state index is 13.8. The maximum Gasteiger partial charge on any atom is 0.335 e. The molecule has 194 valence electrons. The van der Waals surface area contributed by atoms with Crippen LogP contribution in [0.4, 0.5) is 13.2 Å². The summed E-state index contributed by atoms with van der Waals surface area (Å²) in [5.74, 6) is -5.14. The van der Waals surface area contributed by atoms with E-state index >= 15 is 0 Å². The number of carbonyl (C=O) groups is 2. The summed E-state index contributed by atoms with van der Waals surface area (Å²) in [6.07, 6.45) is 1.30. The van der Waals surface area contributed by atoms with Crippen LogP contribution in [0.2, 0.25) is 0 Å². The average Bonchev–Trinajstić information content (AvgIpc) is 3.52. The third kappa shape index (κ3) is 4.17. The predicted octanol–water partition coefficient (Wildman–Crippen LogP) is 5.49. The molecule has 0 fully saturated rings. The van der Waals surface area contributed by atoms with Crippen molar-refractivity contribution in [2.75, 3.05) is 0 Å². The van der Waals surface area contributed by atoms with Crippen LogP contribution in [-0.2, 0) is 4.79 Å². The van der Waals surface area contributed by atoms with Crippen LogP contribution in [0.15, 0.2) is 69.5 Å². The molecule has 0 radical (unpaired) electrons. The van der Waals surface area contributed by atoms with E-state index in [9.17, 15) is 22.8 Å². The third-order valence-corrected chi connectivity index (χ3v) is 6.62. The molecule has 5 aromatic rings. The average molecular weight is 530 g/mol. The molecule has 2 aromatic heterocycles. The highest BCUT2D eigenvalue weighted by Crippen LogP contribution is 2.43. The molecule has 0 saturated heterocycles. The molecule has 0 bridgehead atoms. The van der Waals surface area contributed by atoms with Crippen molar-refractivity contribution in [3.05, 3.63) is 111 Å². The van der Waals surface area contributed by atoms with Crippen LogP contribution in [0.5, 0.6) is 5.75 Å². The monoisotopic (exact) mass is 530 g/mol. The second-order valence-electron chi connectivity index (χ2n) is 9.06. The number of esters is 1. The van der Waals surface area contributed by atoms with E-state index in [1.54, 1.807) is 36.4 Å². The molecule has 0 aliphatic carbocycles. The molecule has 6 nitrogen and oxygen atoms in total. The van der Waals surface area contributed by atoms with Crippen molar-refractivity contribution in [3.8, 4) is 17.1 Å². The number of furan rings is 2. The van der Waals surface area contributed by atoms with Gasteiger partial charge in [0.15, 0.2) is 17.5 Å². The van der Waals surface area contributed by atoms with Crippen molar-refractivity contribution in [2.45, 2.75) is 12.3 Å². The fraction of sp³-hybridized carbons (Fsp3) is 0.0667. The molecule has 0 spiro atoms. The van der Waals surface area contributed by atoms with Gasteiger partial charge in [0.25, 0.3) is 0 Å². The van der Waals surface area contributed by atoms with E-state index in [1.165, 1.54) is 18.2 Å². The van der Waals surface area contributed by atoms with Crippen molar-refractivity contribution in [1.82, 2.24) is 0 Å². The first-order valence-electron chi connectivity index (χ1n) is 11.7. The Morgan fingerprint density at radius 3 is 2.38 bits per heavy atom. The highest BCUT2D eigenvalue weighted by atomic mass is 19.2. The van der Waals surface area contributed by atoms with Crippen LogP contribution < -0.4 is 15.4 Å². The molecule has 0 amide bonds. The Morgan fingerprint density at radius 2 is 1.69 bits per heavy atom. The Hall–Kier alpha value is -5.05. The predicted molar refractivity (Wildman–Crippen MR) is 134 cm³/mol. The van der Waals surface area contributed by atoms with Crippen molar-refractivity contribution in [1.29, 1.82) is 0 Å². The van der Waals surface area contributed by atoms with E-state index in [2.05, 4.69) is 6.58 Å². The van der Waals surface area contributed by atoms with Crippen molar-refractivity contribution < 1.29 is 41.4 Å². The summed E-state index contributed by atoms with van der Waals surface area (Å²) >= 11 is 0. The van der Waals surface area contributed by atoms with Crippen LogP contribution in [0.1, 0.15) is 39.6 Å². The Bertz CT molecular complexity index is 1890. The van der Waals surface area contributed by atoms with Gasteiger partial charge in [-0.1, -0.05) is 18.7 Å². The minimum absolute atomic E-state index is 0.0387. The Balaban J connectivity index is 1.46. The number of hydrogen-bond acceptors (Lipinski definition) is 5. The van der Waals surface area contributed by atoms with E-state index in [-0.39, 0.29) is 28.7 Å². The highest BCUT2D eigenvalue weighted by Gasteiger charge is 2.34. The Kier molecular flexibility index (Phi) is 5.64. The smallest absolute Gasteiger partial charge is 0.335 e. The number of carboxylic acid groups (broad SMARTS) is 1. The van der Waals surface area contributed by atoms with Gasteiger partial charge in [-0.3, -0.25) is 4.79 Å². The summed E-state index contributed by atoms with van der Waals surface area (Å²) in [6.45, 7) is 4.03. The maximum absolute atomic E-state index is 13.8. The van der Waals surface area contributed by atoms with E-state index in [1.807, 2.05) is 0 Å². The van der Waals surface area contributed by atoms with Crippen LogP contribution in [0, 0.1) is 17.5 Å². The molecule has 6 rings (SSSR count). The number of fused-ring (bicyclic) bond motifs is 3. The van der Waals surface area contributed by atoms with Crippen molar-refractivity contribution in [2.24, 2.45) is 0 Å². The van der Waals surface area contributed by atoms with E-state index in [0.717, 1.165) is 12.1 Å². The quantitative estimate of drug-likeness (QED) is 0.188. The molecule has 1 N–H and O–H groups in total. The van der Waals surface area contributed by atoms with Gasteiger partial charge in [-0.15, -0.1) is 0 Å². The summed E-state index contributed by atoms with van der Waals surface area (Å²) < 4.78 is 58.6. The fourth-order valence-corrected chi connectivity index (χ4v) is 4.73. The molecule has 39 heavy (non-hydrogen) atoms. The molecule has 1 aliphatic rings. The summed E-state index contributed by atoms with van der Waals surface area (Å²) in [5.41, 5.74) is 1.91. The molecule has 1 atom stereocenters. The van der Waals surface area contributed by atoms with E-state index < -0.39 is 35.3 Å². The molecule has 3 aromatic carbocycles. The van der Waals surface area contributed by atoms with E-state index in [0.29, 0.717) is 38.8 Å². The largest absolute Gasteiger partial charge is 0.478 e. The van der Waals surface area contributed by atoms with Gasteiger partial charge in [0.05, 0.1) is 17.9 Å². The van der Waals surface area contributed by atoms with Crippen LogP contribution >= 0.6 is 0 Å². The van der Waals surface area contributed by atoms with Gasteiger partial charge in [0, 0.05) is 21.7 Å². The molecule has 1 aliphatic heterocycles. The number of carbonyl (C=O) groups excluding carboxylic acids is 1. The minimum atomic E-state index is -1.57. The zero-order chi connectivity index (χ0) is 27.4. The Labute approximate surface area is 217 Å². The summed E-state index contributed by atoms with van der Waals surface area (Å²) in [5, 5.41) is 10.1. The summed E-state index contributed by atoms with van der Waals surface area (Å²) in [7, 11) is 0. The van der Waals surface area contributed by atoms with Gasteiger partial charge in [-0.2, -0.15) is 0 Å². The van der Waals surface area contributed by atoms with Gasteiger partial charge >= 0.3 is 11.9 Å². The number of benzene rings is 3. The zero-order valence-electron chi connectivity index (χ0n) is 20.0. The molecule has 0 saturated carbocycles. The van der Waals surface area contributed by atoms with Gasteiger partial charge in [-0.05, 0) is 60.2 Å². The molecule has 3 heterocycles. The zero-order valence-corrected chi connectivity index (χ0v) is 20.0. The second-order valence-corrected chi connectivity index (χ2v) is 9.06. The summed E-state index contributed by atoms with van der Waals surface area (Å²) in [4.78, 5) is 23.6. The standard InChI is InChI=1S/C30H17F3O6/c1-14-18-6-7-24-27(29(18)39-25(14)12-15-10-20(31)28(33)21(32)11-15)19(13-26(34)38-24)23-9-8-22(37-23)16-2-4-17(5-3-16)30(35)36/h2-12,19H,1,13H2,(H,35,36)/b25-12-/t19-/m1/s1. The van der Waals surface area contributed by atoms with E-state index in [4.69, 9.17) is 18.7 Å². The first-order chi connectivity index (χ1) is 18.7. The number of aromatic carboxylic acids is 1. The van der Waals surface area contributed by atoms with Gasteiger partial charge in [0.1, 0.15) is 28.3 Å². The lowest BCUT2D eigenvalue weighted by molar-refractivity contribution is -0.135. The highest BCUT2D eigenvalue weighted by molar-refractivity contribution is 5.89. The second kappa shape index (κ2) is 9.05. The first-order valence-corrected chi connectivity index (χ1v) is 11.7. The molecular formula is C30H17F3O6. The molecular weight excluding hydrogens is 513 g/mol.